The number of rotatable bonds is 3. The van der Waals surface area contributed by atoms with E-state index in [-0.39, 0.29) is 12.0 Å². The van der Waals surface area contributed by atoms with E-state index in [0.717, 1.165) is 18.7 Å². The second kappa shape index (κ2) is 5.07. The molecule has 2 aliphatic heterocycles. The fourth-order valence-electron chi connectivity index (χ4n) is 2.31. The molecule has 18 heavy (non-hydrogen) atoms. The molecule has 6 nitrogen and oxygen atoms in total. The lowest BCUT2D eigenvalue weighted by atomic mass is 10.0. The Morgan fingerprint density at radius 2 is 2.11 bits per heavy atom. The van der Waals surface area contributed by atoms with Crippen LogP contribution in [-0.4, -0.2) is 60.8 Å². The molecular weight excluding hydrogens is 236 g/mol. The molecule has 2 heterocycles. The first-order valence-electron chi connectivity index (χ1n) is 6.00. The van der Waals surface area contributed by atoms with Crippen LogP contribution in [0.4, 0.5) is 0 Å². The van der Waals surface area contributed by atoms with Crippen LogP contribution in [0.25, 0.3) is 0 Å². The highest BCUT2D eigenvalue weighted by atomic mass is 16.5. The molecule has 0 bridgehead atoms. The zero-order valence-electron chi connectivity index (χ0n) is 10.6. The van der Waals surface area contributed by atoms with Gasteiger partial charge in [-0.05, 0) is 12.5 Å². The molecule has 100 valence electrons. The first-order valence-corrected chi connectivity index (χ1v) is 6.00. The molecule has 0 aromatic carbocycles. The van der Waals surface area contributed by atoms with Crippen LogP contribution < -0.4 is 5.32 Å². The Labute approximate surface area is 106 Å². The SMILES string of the molecule is COC1CC(C(=O)O)N(C(=O)C(C)=C2CNC2)C1. The number of carboxylic acid groups (broad SMARTS) is 1. The fourth-order valence-corrected chi connectivity index (χ4v) is 2.31. The lowest BCUT2D eigenvalue weighted by molar-refractivity contribution is -0.146. The van der Waals surface area contributed by atoms with E-state index in [9.17, 15) is 9.59 Å². The zero-order chi connectivity index (χ0) is 13.3. The molecule has 6 heteroatoms. The van der Waals surface area contributed by atoms with E-state index < -0.39 is 12.0 Å². The molecule has 2 atom stereocenters. The van der Waals surface area contributed by atoms with Crippen LogP contribution >= 0.6 is 0 Å². The largest absolute Gasteiger partial charge is 0.480 e. The van der Waals surface area contributed by atoms with E-state index in [0.29, 0.717) is 18.5 Å². The van der Waals surface area contributed by atoms with Crippen LogP contribution in [-0.2, 0) is 14.3 Å². The predicted molar refractivity (Wildman–Crippen MR) is 64.1 cm³/mol. The quantitative estimate of drug-likeness (QED) is 0.670. The van der Waals surface area contributed by atoms with Gasteiger partial charge in [-0.2, -0.15) is 0 Å². The summed E-state index contributed by atoms with van der Waals surface area (Å²) in [5.74, 6) is -1.15. The minimum Gasteiger partial charge on any atom is -0.480 e. The Hall–Kier alpha value is -1.40. The standard InChI is InChI=1S/C12H18N2O4/c1-7(8-4-13-5-8)11(15)14-6-9(18-2)3-10(14)12(16)17/h9-10,13H,3-6H2,1-2H3,(H,16,17). The summed E-state index contributed by atoms with van der Waals surface area (Å²) in [6.07, 6.45) is 0.172. The second-order valence-electron chi connectivity index (χ2n) is 4.74. The minimum atomic E-state index is -0.965. The molecule has 2 saturated heterocycles. The Bertz CT molecular complexity index is 399. The highest BCUT2D eigenvalue weighted by Crippen LogP contribution is 2.23. The zero-order valence-corrected chi connectivity index (χ0v) is 10.6. The number of nitrogens with zero attached hydrogens (tertiary/aromatic N) is 1. The van der Waals surface area contributed by atoms with Gasteiger partial charge in [0.25, 0.3) is 0 Å². The highest BCUT2D eigenvalue weighted by molar-refractivity contribution is 5.96. The fraction of sp³-hybridized carbons (Fsp3) is 0.667. The van der Waals surface area contributed by atoms with E-state index in [2.05, 4.69) is 5.32 Å². The lowest BCUT2D eigenvalue weighted by Crippen LogP contribution is -2.43. The topological polar surface area (TPSA) is 78.9 Å². The van der Waals surface area contributed by atoms with Crippen molar-refractivity contribution in [3.8, 4) is 0 Å². The van der Waals surface area contributed by atoms with Crippen molar-refractivity contribution in [1.82, 2.24) is 10.2 Å². The number of carbonyl (C=O) groups is 2. The Kier molecular flexibility index (Phi) is 3.68. The number of methoxy groups -OCH3 is 1. The van der Waals surface area contributed by atoms with Crippen molar-refractivity contribution >= 4 is 11.9 Å². The smallest absolute Gasteiger partial charge is 0.326 e. The van der Waals surface area contributed by atoms with Gasteiger partial charge in [-0.15, -0.1) is 0 Å². The van der Waals surface area contributed by atoms with Crippen molar-refractivity contribution in [2.45, 2.75) is 25.5 Å². The predicted octanol–water partition coefficient (Wildman–Crippen LogP) is -0.393. The summed E-state index contributed by atoms with van der Waals surface area (Å²) in [7, 11) is 1.54. The van der Waals surface area contributed by atoms with Gasteiger partial charge in [-0.25, -0.2) is 4.79 Å². The molecule has 0 aliphatic carbocycles. The van der Waals surface area contributed by atoms with Gasteiger partial charge in [-0.1, -0.05) is 0 Å². The average molecular weight is 254 g/mol. The molecule has 1 amide bonds. The number of ether oxygens (including phenoxy) is 1. The van der Waals surface area contributed by atoms with Crippen LogP contribution in [0.15, 0.2) is 11.1 Å². The van der Waals surface area contributed by atoms with Crippen LogP contribution in [0.5, 0.6) is 0 Å². The van der Waals surface area contributed by atoms with Gasteiger partial charge in [0.05, 0.1) is 6.10 Å². The molecule has 0 aromatic rings. The Balaban J connectivity index is 2.15. The Morgan fingerprint density at radius 1 is 1.44 bits per heavy atom. The van der Waals surface area contributed by atoms with Crippen molar-refractivity contribution in [3.63, 3.8) is 0 Å². The van der Waals surface area contributed by atoms with Gasteiger partial charge in [0.1, 0.15) is 6.04 Å². The first-order chi connectivity index (χ1) is 8.54. The van der Waals surface area contributed by atoms with Gasteiger partial charge in [0.15, 0.2) is 0 Å². The maximum Gasteiger partial charge on any atom is 0.326 e. The van der Waals surface area contributed by atoms with E-state index in [1.54, 1.807) is 14.0 Å². The summed E-state index contributed by atoms with van der Waals surface area (Å²) in [6.45, 7) is 3.55. The summed E-state index contributed by atoms with van der Waals surface area (Å²) < 4.78 is 5.17. The summed E-state index contributed by atoms with van der Waals surface area (Å²) in [5.41, 5.74) is 1.72. The number of nitrogens with one attached hydrogen (secondary N) is 1. The first kappa shape index (κ1) is 13.0. The van der Waals surface area contributed by atoms with Gasteiger partial charge in [-0.3, -0.25) is 4.79 Å². The third-order valence-electron chi connectivity index (χ3n) is 3.67. The van der Waals surface area contributed by atoms with Crippen molar-refractivity contribution in [2.24, 2.45) is 0 Å². The van der Waals surface area contributed by atoms with Crippen molar-refractivity contribution in [1.29, 1.82) is 0 Å². The number of hydrogen-bond acceptors (Lipinski definition) is 4. The van der Waals surface area contributed by atoms with Gasteiger partial charge in [0.2, 0.25) is 5.91 Å². The molecular formula is C12H18N2O4. The van der Waals surface area contributed by atoms with Crippen LogP contribution in [0, 0.1) is 0 Å². The molecule has 2 N–H and O–H groups in total. The average Bonchev–Trinajstić information content (AvgIpc) is 2.69. The van der Waals surface area contributed by atoms with E-state index in [1.165, 1.54) is 4.90 Å². The number of amides is 1. The van der Waals surface area contributed by atoms with E-state index in [4.69, 9.17) is 9.84 Å². The minimum absolute atomic E-state index is 0.182. The van der Waals surface area contributed by atoms with Crippen molar-refractivity contribution < 1.29 is 19.4 Å². The number of aliphatic carboxylic acids is 1. The second-order valence-corrected chi connectivity index (χ2v) is 4.74. The van der Waals surface area contributed by atoms with Gasteiger partial charge < -0.3 is 20.1 Å². The number of carbonyl (C=O) groups excluding carboxylic acids is 1. The summed E-state index contributed by atoms with van der Waals surface area (Å²) >= 11 is 0. The van der Waals surface area contributed by atoms with Crippen LogP contribution in [0.2, 0.25) is 0 Å². The van der Waals surface area contributed by atoms with E-state index in [1.807, 2.05) is 0 Å². The van der Waals surface area contributed by atoms with Crippen LogP contribution in [0.3, 0.4) is 0 Å². The lowest BCUT2D eigenvalue weighted by Gasteiger charge is -2.26. The number of likely N-dealkylation sites (tertiary alicyclic amines) is 1. The van der Waals surface area contributed by atoms with Crippen molar-refractivity contribution in [3.05, 3.63) is 11.1 Å². The third-order valence-corrected chi connectivity index (χ3v) is 3.67. The molecule has 2 fully saturated rings. The monoisotopic (exact) mass is 254 g/mol. The molecule has 2 rings (SSSR count). The highest BCUT2D eigenvalue weighted by Gasteiger charge is 2.40. The maximum atomic E-state index is 12.3. The molecule has 2 aliphatic rings. The normalized spacial score (nSPS) is 27.0. The van der Waals surface area contributed by atoms with Gasteiger partial charge in [0, 0.05) is 38.7 Å². The van der Waals surface area contributed by atoms with Crippen molar-refractivity contribution in [2.75, 3.05) is 26.7 Å². The molecule has 2 unspecified atom stereocenters. The van der Waals surface area contributed by atoms with E-state index >= 15 is 0 Å². The molecule has 0 saturated carbocycles. The third kappa shape index (κ3) is 2.26. The summed E-state index contributed by atoms with van der Waals surface area (Å²) in [5, 5.41) is 12.2. The number of hydrogen-bond donors (Lipinski definition) is 2. The molecule has 0 spiro atoms. The molecule has 0 radical (unpaired) electrons. The molecule has 0 aromatic heterocycles. The summed E-state index contributed by atoms with van der Waals surface area (Å²) in [6, 6.07) is -0.772. The maximum absolute atomic E-state index is 12.3. The number of carboxylic acids is 1. The Morgan fingerprint density at radius 3 is 2.56 bits per heavy atom. The summed E-state index contributed by atoms with van der Waals surface area (Å²) in [4.78, 5) is 24.9. The van der Waals surface area contributed by atoms with Gasteiger partial charge >= 0.3 is 5.97 Å². The van der Waals surface area contributed by atoms with Crippen LogP contribution in [0.1, 0.15) is 13.3 Å².